The lowest BCUT2D eigenvalue weighted by Crippen LogP contribution is -2.48. The molecule has 1 amide bonds. The fraction of sp³-hybridized carbons (Fsp3) is 0.917. The van der Waals surface area contributed by atoms with Crippen molar-refractivity contribution in [2.45, 2.75) is 44.7 Å². The Morgan fingerprint density at radius 3 is 2.50 bits per heavy atom. The fourth-order valence-electron chi connectivity index (χ4n) is 2.70. The zero-order valence-electron chi connectivity index (χ0n) is 10.2. The normalized spacial score (nSPS) is 29.4. The molecular weight excluding hydrogens is 202 g/mol. The predicted molar refractivity (Wildman–Crippen MR) is 64.1 cm³/mol. The van der Waals surface area contributed by atoms with Crippen LogP contribution in [0.2, 0.25) is 0 Å². The number of amides is 1. The number of hydrogen-bond donors (Lipinski definition) is 1. The molecule has 2 atom stereocenters. The Bertz CT molecular complexity index is 251. The van der Waals surface area contributed by atoms with E-state index in [9.17, 15) is 4.79 Å². The molecule has 2 saturated heterocycles. The second kappa shape index (κ2) is 5.15. The molecule has 4 heteroatoms. The number of piperidine rings is 1. The quantitative estimate of drug-likeness (QED) is 0.741. The predicted octanol–water partition coefficient (Wildman–Crippen LogP) is 0.420. The van der Waals surface area contributed by atoms with E-state index < -0.39 is 0 Å². The molecule has 16 heavy (non-hydrogen) atoms. The monoisotopic (exact) mass is 225 g/mol. The van der Waals surface area contributed by atoms with Crippen LogP contribution in [0.25, 0.3) is 0 Å². The summed E-state index contributed by atoms with van der Waals surface area (Å²) in [6.45, 7) is 5.77. The van der Waals surface area contributed by atoms with Crippen LogP contribution in [0.4, 0.5) is 0 Å². The number of nitrogens with two attached hydrogens (primary N) is 1. The molecule has 2 N–H and O–H groups in total. The second-order valence-corrected chi connectivity index (χ2v) is 5.11. The highest BCUT2D eigenvalue weighted by Crippen LogP contribution is 2.16. The second-order valence-electron chi connectivity index (χ2n) is 5.11. The highest BCUT2D eigenvalue weighted by molar-refractivity contribution is 5.81. The van der Waals surface area contributed by atoms with E-state index >= 15 is 0 Å². The fourth-order valence-corrected chi connectivity index (χ4v) is 2.70. The summed E-state index contributed by atoms with van der Waals surface area (Å²) < 4.78 is 0. The van der Waals surface area contributed by atoms with E-state index in [-0.39, 0.29) is 12.1 Å². The van der Waals surface area contributed by atoms with E-state index in [0.29, 0.717) is 5.91 Å². The third-order valence-corrected chi connectivity index (χ3v) is 3.83. The number of likely N-dealkylation sites (tertiary alicyclic amines) is 2. The molecule has 2 fully saturated rings. The van der Waals surface area contributed by atoms with Crippen LogP contribution in [0, 0.1) is 0 Å². The van der Waals surface area contributed by atoms with Crippen molar-refractivity contribution in [2.24, 2.45) is 5.73 Å². The third-order valence-electron chi connectivity index (χ3n) is 3.83. The van der Waals surface area contributed by atoms with Gasteiger partial charge in [0, 0.05) is 32.2 Å². The van der Waals surface area contributed by atoms with Gasteiger partial charge in [-0.3, -0.25) is 9.69 Å². The smallest absolute Gasteiger partial charge is 0.239 e. The van der Waals surface area contributed by atoms with Gasteiger partial charge in [0.15, 0.2) is 0 Å². The van der Waals surface area contributed by atoms with E-state index in [4.69, 9.17) is 5.73 Å². The van der Waals surface area contributed by atoms with Crippen LogP contribution in [0.5, 0.6) is 0 Å². The number of hydrogen-bond acceptors (Lipinski definition) is 3. The lowest BCUT2D eigenvalue weighted by atomic mass is 10.1. The van der Waals surface area contributed by atoms with E-state index in [1.165, 1.54) is 6.42 Å². The van der Waals surface area contributed by atoms with Gasteiger partial charge < -0.3 is 10.6 Å². The summed E-state index contributed by atoms with van der Waals surface area (Å²) in [6.07, 6.45) is 4.63. The van der Waals surface area contributed by atoms with Crippen molar-refractivity contribution in [1.82, 2.24) is 9.80 Å². The van der Waals surface area contributed by atoms with Crippen LogP contribution in [0.3, 0.4) is 0 Å². The van der Waals surface area contributed by atoms with Crippen molar-refractivity contribution in [1.29, 1.82) is 0 Å². The summed E-state index contributed by atoms with van der Waals surface area (Å²) in [7, 11) is 0. The molecule has 0 aromatic carbocycles. The van der Waals surface area contributed by atoms with Gasteiger partial charge in [-0.2, -0.15) is 0 Å². The van der Waals surface area contributed by atoms with Crippen LogP contribution in [0.15, 0.2) is 0 Å². The minimum Gasteiger partial charge on any atom is -0.341 e. The van der Waals surface area contributed by atoms with Gasteiger partial charge in [0.25, 0.3) is 0 Å². The highest BCUT2D eigenvalue weighted by atomic mass is 16.2. The zero-order chi connectivity index (χ0) is 11.5. The molecule has 0 aliphatic carbocycles. The van der Waals surface area contributed by atoms with Gasteiger partial charge in [0.05, 0.1) is 6.04 Å². The number of rotatable bonds is 2. The maximum Gasteiger partial charge on any atom is 0.239 e. The summed E-state index contributed by atoms with van der Waals surface area (Å²) in [5, 5.41) is 0. The van der Waals surface area contributed by atoms with Crippen LogP contribution < -0.4 is 5.73 Å². The van der Waals surface area contributed by atoms with Crippen molar-refractivity contribution >= 4 is 5.91 Å². The first-order chi connectivity index (χ1) is 7.68. The Labute approximate surface area is 97.8 Å². The van der Waals surface area contributed by atoms with Crippen LogP contribution >= 0.6 is 0 Å². The van der Waals surface area contributed by atoms with Gasteiger partial charge in [-0.15, -0.1) is 0 Å². The number of carbonyl (C=O) groups excluding carboxylic acids is 1. The highest BCUT2D eigenvalue weighted by Gasteiger charge is 2.30. The average Bonchev–Trinajstić information content (AvgIpc) is 2.75. The van der Waals surface area contributed by atoms with Crippen molar-refractivity contribution in [3.8, 4) is 0 Å². The maximum absolute atomic E-state index is 12.2. The van der Waals surface area contributed by atoms with Gasteiger partial charge in [-0.25, -0.2) is 0 Å². The lowest BCUT2D eigenvalue weighted by molar-refractivity contribution is -0.136. The summed E-state index contributed by atoms with van der Waals surface area (Å²) in [5.74, 6) is 0.300. The lowest BCUT2D eigenvalue weighted by Gasteiger charge is -2.32. The van der Waals surface area contributed by atoms with E-state index in [0.717, 1.165) is 45.4 Å². The molecule has 2 aliphatic heterocycles. The summed E-state index contributed by atoms with van der Waals surface area (Å²) in [6, 6.07) is 0.281. The Hall–Kier alpha value is -0.610. The standard InChI is InChI=1S/C12H23N3O/c1-10(15-8-5-11(13)9-15)12(16)14-6-3-2-4-7-14/h10-11H,2-9,13H2,1H3/t10?,11-/m0/s1. The van der Waals surface area contributed by atoms with E-state index in [1.54, 1.807) is 0 Å². The molecular formula is C12H23N3O. The van der Waals surface area contributed by atoms with Gasteiger partial charge >= 0.3 is 0 Å². The van der Waals surface area contributed by atoms with Crippen LogP contribution in [0.1, 0.15) is 32.6 Å². The molecule has 1 unspecified atom stereocenters. The van der Waals surface area contributed by atoms with Crippen molar-refractivity contribution < 1.29 is 4.79 Å². The molecule has 2 aliphatic rings. The van der Waals surface area contributed by atoms with Crippen molar-refractivity contribution in [3.63, 3.8) is 0 Å². The Kier molecular flexibility index (Phi) is 3.82. The van der Waals surface area contributed by atoms with Gasteiger partial charge in [-0.05, 0) is 32.6 Å². The zero-order valence-corrected chi connectivity index (χ0v) is 10.2. The molecule has 0 aromatic rings. The summed E-state index contributed by atoms with van der Waals surface area (Å²) in [5.41, 5.74) is 5.87. The molecule has 92 valence electrons. The minimum absolute atomic E-state index is 0.0200. The molecule has 4 nitrogen and oxygen atoms in total. The molecule has 2 heterocycles. The molecule has 0 saturated carbocycles. The molecule has 2 rings (SSSR count). The van der Waals surface area contributed by atoms with Gasteiger partial charge in [0.2, 0.25) is 5.91 Å². The van der Waals surface area contributed by atoms with Gasteiger partial charge in [-0.1, -0.05) is 0 Å². The average molecular weight is 225 g/mol. The van der Waals surface area contributed by atoms with E-state index in [2.05, 4.69) is 4.90 Å². The Morgan fingerprint density at radius 2 is 1.94 bits per heavy atom. The van der Waals surface area contributed by atoms with Crippen LogP contribution in [-0.4, -0.2) is 54.0 Å². The summed E-state index contributed by atoms with van der Waals surface area (Å²) >= 11 is 0. The largest absolute Gasteiger partial charge is 0.341 e. The van der Waals surface area contributed by atoms with Crippen molar-refractivity contribution in [3.05, 3.63) is 0 Å². The summed E-state index contributed by atoms with van der Waals surface area (Å²) in [4.78, 5) is 16.5. The molecule has 0 aromatic heterocycles. The molecule has 0 radical (unpaired) electrons. The molecule has 0 spiro atoms. The van der Waals surface area contributed by atoms with Gasteiger partial charge in [0.1, 0.15) is 0 Å². The number of carbonyl (C=O) groups is 1. The third kappa shape index (κ3) is 2.55. The first-order valence-corrected chi connectivity index (χ1v) is 6.47. The van der Waals surface area contributed by atoms with E-state index in [1.807, 2.05) is 11.8 Å². The topological polar surface area (TPSA) is 49.6 Å². The Balaban J connectivity index is 1.88. The SMILES string of the molecule is CC(C(=O)N1CCCCC1)N1CC[C@H](N)C1. The van der Waals surface area contributed by atoms with Crippen molar-refractivity contribution in [2.75, 3.05) is 26.2 Å². The number of nitrogens with zero attached hydrogens (tertiary/aromatic N) is 2. The first kappa shape index (κ1) is 11.9. The minimum atomic E-state index is 0.0200. The van der Waals surface area contributed by atoms with Crippen LogP contribution in [-0.2, 0) is 4.79 Å². The first-order valence-electron chi connectivity index (χ1n) is 6.47. The maximum atomic E-state index is 12.2. The Morgan fingerprint density at radius 1 is 1.25 bits per heavy atom. The molecule has 0 bridgehead atoms.